The summed E-state index contributed by atoms with van der Waals surface area (Å²) in [5.74, 6) is -0.151. The normalized spacial score (nSPS) is 14.8. The number of hydrogen-bond donors (Lipinski definition) is 0. The van der Waals surface area contributed by atoms with Crippen LogP contribution in [0.15, 0.2) is 41.6 Å². The van der Waals surface area contributed by atoms with E-state index >= 15 is 0 Å². The molecular formula is C15H11N3O. The number of ketones is 1. The molecule has 0 fully saturated rings. The highest BCUT2D eigenvalue weighted by molar-refractivity contribution is 6.27. The van der Waals surface area contributed by atoms with E-state index in [1.54, 1.807) is 49.5 Å². The van der Waals surface area contributed by atoms with Crippen LogP contribution >= 0.6 is 0 Å². The summed E-state index contributed by atoms with van der Waals surface area (Å²) in [6.45, 7) is 0. The number of carbonyl (C=O) groups excluding carboxylic acids is 1. The highest BCUT2D eigenvalue weighted by Gasteiger charge is 2.32. The Morgan fingerprint density at radius 3 is 2.26 bits per heavy atom. The lowest BCUT2D eigenvalue weighted by Gasteiger charge is -2.07. The summed E-state index contributed by atoms with van der Waals surface area (Å²) in [5, 5.41) is 18.1. The molecule has 2 rings (SSSR count). The first-order chi connectivity index (χ1) is 9.10. The maximum absolute atomic E-state index is 12.3. The topological polar surface area (TPSA) is 67.9 Å². The molecular weight excluding hydrogens is 238 g/mol. The van der Waals surface area contributed by atoms with Gasteiger partial charge in [-0.05, 0) is 5.56 Å². The lowest BCUT2D eigenvalue weighted by atomic mass is 10.0. The Balaban J connectivity index is 2.82. The molecule has 0 saturated carbocycles. The van der Waals surface area contributed by atoms with Crippen molar-refractivity contribution in [3.8, 4) is 12.1 Å². The number of fused-ring (bicyclic) bond motifs is 1. The van der Waals surface area contributed by atoms with Gasteiger partial charge in [0, 0.05) is 37.0 Å². The van der Waals surface area contributed by atoms with Crippen LogP contribution < -0.4 is 0 Å². The highest BCUT2D eigenvalue weighted by Crippen LogP contribution is 2.38. The molecule has 1 aromatic carbocycles. The quantitative estimate of drug-likeness (QED) is 0.564. The Morgan fingerprint density at radius 2 is 1.74 bits per heavy atom. The lowest BCUT2D eigenvalue weighted by Crippen LogP contribution is -2.06. The number of allylic oxidation sites excluding steroid dienone is 3. The molecule has 1 aliphatic carbocycles. The van der Waals surface area contributed by atoms with Gasteiger partial charge in [-0.2, -0.15) is 10.5 Å². The number of hydrogen-bond acceptors (Lipinski definition) is 4. The Bertz CT molecular complexity index is 681. The molecule has 0 atom stereocenters. The Labute approximate surface area is 111 Å². The van der Waals surface area contributed by atoms with E-state index in [9.17, 15) is 4.79 Å². The van der Waals surface area contributed by atoms with Gasteiger partial charge in [0.15, 0.2) is 5.78 Å². The van der Waals surface area contributed by atoms with Crippen LogP contribution in [0.1, 0.15) is 15.9 Å². The molecule has 0 spiro atoms. The van der Waals surface area contributed by atoms with Gasteiger partial charge in [-0.25, -0.2) is 0 Å². The van der Waals surface area contributed by atoms with Crippen LogP contribution in [0.2, 0.25) is 0 Å². The summed E-state index contributed by atoms with van der Waals surface area (Å²) in [4.78, 5) is 14.1. The number of carbonyl (C=O) groups is 1. The Kier molecular flexibility index (Phi) is 3.18. The molecule has 0 aromatic heterocycles. The number of benzene rings is 1. The zero-order valence-electron chi connectivity index (χ0n) is 10.6. The summed E-state index contributed by atoms with van der Waals surface area (Å²) < 4.78 is 0. The zero-order valence-corrected chi connectivity index (χ0v) is 10.6. The molecule has 1 aromatic rings. The second-order valence-corrected chi connectivity index (χ2v) is 4.35. The van der Waals surface area contributed by atoms with Gasteiger partial charge >= 0.3 is 0 Å². The summed E-state index contributed by atoms with van der Waals surface area (Å²) in [5.41, 5.74) is 1.97. The van der Waals surface area contributed by atoms with Crippen molar-refractivity contribution in [1.82, 2.24) is 4.90 Å². The smallest absolute Gasteiger partial charge is 0.195 e. The van der Waals surface area contributed by atoms with Crippen molar-refractivity contribution in [3.05, 3.63) is 52.7 Å². The highest BCUT2D eigenvalue weighted by atomic mass is 16.1. The van der Waals surface area contributed by atoms with Gasteiger partial charge in [0.25, 0.3) is 0 Å². The van der Waals surface area contributed by atoms with E-state index < -0.39 is 0 Å². The summed E-state index contributed by atoms with van der Waals surface area (Å²) >= 11 is 0. The minimum absolute atomic E-state index is 0.0357. The molecule has 0 N–H and O–H groups in total. The van der Waals surface area contributed by atoms with Crippen molar-refractivity contribution in [2.45, 2.75) is 0 Å². The standard InChI is InChI=1S/C15H11N3O/c1-18(2)9-13-14(10(7-16)8-17)11-5-3-4-6-12(11)15(13)19/h3-6,9H,1-2H3/b13-9-. The van der Waals surface area contributed by atoms with Gasteiger partial charge < -0.3 is 4.90 Å². The molecule has 0 saturated heterocycles. The Morgan fingerprint density at radius 1 is 1.16 bits per heavy atom. The van der Waals surface area contributed by atoms with Gasteiger partial charge in [0.2, 0.25) is 0 Å². The van der Waals surface area contributed by atoms with E-state index in [1.807, 2.05) is 12.1 Å². The van der Waals surface area contributed by atoms with Crippen LogP contribution in [-0.2, 0) is 0 Å². The van der Waals surface area contributed by atoms with E-state index in [1.165, 1.54) is 0 Å². The fourth-order valence-electron chi connectivity index (χ4n) is 2.09. The first kappa shape index (κ1) is 12.6. The summed E-state index contributed by atoms with van der Waals surface area (Å²) in [7, 11) is 3.58. The van der Waals surface area contributed by atoms with Crippen LogP contribution in [0, 0.1) is 22.7 Å². The van der Waals surface area contributed by atoms with Gasteiger partial charge in [-0.3, -0.25) is 4.79 Å². The number of nitriles is 2. The molecule has 1 aliphatic rings. The average molecular weight is 249 g/mol. The third-order valence-corrected chi connectivity index (χ3v) is 2.82. The maximum Gasteiger partial charge on any atom is 0.195 e. The number of nitrogens with zero attached hydrogens (tertiary/aromatic N) is 3. The predicted molar refractivity (Wildman–Crippen MR) is 70.7 cm³/mol. The summed E-state index contributed by atoms with van der Waals surface area (Å²) in [6, 6.07) is 10.8. The molecule has 92 valence electrons. The fourth-order valence-corrected chi connectivity index (χ4v) is 2.09. The van der Waals surface area contributed by atoms with Crippen molar-refractivity contribution in [1.29, 1.82) is 10.5 Å². The number of rotatable bonds is 1. The van der Waals surface area contributed by atoms with Gasteiger partial charge in [0.05, 0.1) is 0 Å². The van der Waals surface area contributed by atoms with Crippen LogP contribution in [-0.4, -0.2) is 24.8 Å². The second kappa shape index (κ2) is 4.80. The Hall–Kier alpha value is -2.85. The summed E-state index contributed by atoms with van der Waals surface area (Å²) in [6.07, 6.45) is 1.65. The number of Topliss-reactive ketones (excluding diaryl/α,β-unsaturated/α-hetero) is 1. The SMILES string of the molecule is CN(C)/C=C1\C(=O)c2ccccc2C1=C(C#N)C#N. The minimum atomic E-state index is -0.151. The van der Waals surface area contributed by atoms with Crippen molar-refractivity contribution in [3.63, 3.8) is 0 Å². The fraction of sp³-hybridized carbons (Fsp3) is 0.133. The van der Waals surface area contributed by atoms with E-state index in [-0.39, 0.29) is 11.4 Å². The van der Waals surface area contributed by atoms with Crippen molar-refractivity contribution in [2.24, 2.45) is 0 Å². The van der Waals surface area contributed by atoms with Crippen molar-refractivity contribution >= 4 is 11.4 Å². The molecule has 0 bridgehead atoms. The molecule has 0 radical (unpaired) electrons. The second-order valence-electron chi connectivity index (χ2n) is 4.35. The van der Waals surface area contributed by atoms with Crippen LogP contribution in [0.3, 0.4) is 0 Å². The first-order valence-corrected chi connectivity index (χ1v) is 5.67. The van der Waals surface area contributed by atoms with Gasteiger partial charge in [0.1, 0.15) is 17.7 Å². The van der Waals surface area contributed by atoms with Crippen LogP contribution in [0.4, 0.5) is 0 Å². The molecule has 4 nitrogen and oxygen atoms in total. The molecule has 0 aliphatic heterocycles. The first-order valence-electron chi connectivity index (χ1n) is 5.67. The maximum atomic E-state index is 12.3. The third-order valence-electron chi connectivity index (χ3n) is 2.82. The lowest BCUT2D eigenvalue weighted by molar-refractivity contribution is 0.104. The predicted octanol–water partition coefficient (Wildman–Crippen LogP) is 2.13. The van der Waals surface area contributed by atoms with Crippen LogP contribution in [0.5, 0.6) is 0 Å². The average Bonchev–Trinajstić information content (AvgIpc) is 2.66. The molecule has 4 heteroatoms. The van der Waals surface area contributed by atoms with Gasteiger partial charge in [-0.1, -0.05) is 24.3 Å². The van der Waals surface area contributed by atoms with Crippen molar-refractivity contribution < 1.29 is 4.79 Å². The van der Waals surface area contributed by atoms with E-state index in [0.717, 1.165) is 0 Å². The van der Waals surface area contributed by atoms with E-state index in [4.69, 9.17) is 10.5 Å². The molecule has 0 amide bonds. The van der Waals surface area contributed by atoms with E-state index in [0.29, 0.717) is 22.3 Å². The molecule has 0 heterocycles. The van der Waals surface area contributed by atoms with E-state index in [2.05, 4.69) is 0 Å². The largest absolute Gasteiger partial charge is 0.383 e. The van der Waals surface area contributed by atoms with Crippen molar-refractivity contribution in [2.75, 3.05) is 14.1 Å². The van der Waals surface area contributed by atoms with Crippen LogP contribution in [0.25, 0.3) is 5.57 Å². The minimum Gasteiger partial charge on any atom is -0.383 e. The molecule has 0 unspecified atom stereocenters. The molecule has 19 heavy (non-hydrogen) atoms. The zero-order chi connectivity index (χ0) is 14.0. The third kappa shape index (κ3) is 2.00. The van der Waals surface area contributed by atoms with Gasteiger partial charge in [-0.15, -0.1) is 0 Å². The monoisotopic (exact) mass is 249 g/mol.